The van der Waals surface area contributed by atoms with Gasteiger partial charge in [-0.1, -0.05) is 134 Å². The molecule has 0 bridgehead atoms. The predicted octanol–water partition coefficient (Wildman–Crippen LogP) is 10.9. The molecule has 0 amide bonds. The Morgan fingerprint density at radius 3 is 1.69 bits per heavy atom. The molecule has 1 heterocycles. The Morgan fingerprint density at radius 2 is 1.17 bits per heavy atom. The molecule has 42 heavy (non-hydrogen) atoms. The average Bonchev–Trinajstić information content (AvgIpc) is 3.01. The normalized spacial score (nSPS) is 11.1. The van der Waals surface area contributed by atoms with E-state index < -0.39 is 11.8 Å². The van der Waals surface area contributed by atoms with Gasteiger partial charge in [-0.3, -0.25) is 4.98 Å². The van der Waals surface area contributed by atoms with Crippen molar-refractivity contribution in [1.82, 2.24) is 9.97 Å². The Kier molecular flexibility index (Phi) is 15.9. The molecule has 2 aromatic carbocycles. The van der Waals surface area contributed by atoms with Crippen molar-refractivity contribution in [2.45, 2.75) is 129 Å². The summed E-state index contributed by atoms with van der Waals surface area (Å²) in [5, 5.41) is 0. The maximum absolute atomic E-state index is 14.6. The number of nitrogens with zero attached hydrogens (tertiary/aromatic N) is 2. The lowest BCUT2D eigenvalue weighted by atomic mass is 10.0. The first-order chi connectivity index (χ1) is 20.6. The molecule has 0 saturated heterocycles. The molecule has 3 rings (SSSR count). The van der Waals surface area contributed by atoms with E-state index in [4.69, 9.17) is 4.74 Å². The van der Waals surface area contributed by atoms with Crippen molar-refractivity contribution < 1.29 is 13.9 Å². The van der Waals surface area contributed by atoms with E-state index in [1.807, 2.05) is 6.07 Å². The van der Waals surface area contributed by atoms with Crippen molar-refractivity contribution in [2.24, 2.45) is 0 Å². The number of hydrogen-bond acceptors (Lipinski definition) is 4. The maximum Gasteiger partial charge on any atom is 0.364 e. The van der Waals surface area contributed by atoms with Crippen LogP contribution in [0.5, 0.6) is 5.75 Å². The highest BCUT2D eigenvalue weighted by atomic mass is 19.1. The number of esters is 1. The Labute approximate surface area is 253 Å². The molecule has 0 aliphatic heterocycles. The lowest BCUT2D eigenvalue weighted by molar-refractivity contribution is 0.0721. The van der Waals surface area contributed by atoms with Crippen LogP contribution in [0.1, 0.15) is 138 Å². The molecule has 0 N–H and O–H groups in total. The first-order valence-electron chi connectivity index (χ1n) is 16.5. The number of aryl methyl sites for hydroxylation is 2. The van der Waals surface area contributed by atoms with Crippen LogP contribution in [0, 0.1) is 5.82 Å². The fourth-order valence-corrected chi connectivity index (χ4v) is 5.29. The minimum Gasteiger partial charge on any atom is -0.419 e. The van der Waals surface area contributed by atoms with E-state index in [2.05, 4.69) is 48.1 Å². The molecule has 3 aromatic rings. The highest BCUT2D eigenvalue weighted by Crippen LogP contribution is 2.22. The summed E-state index contributed by atoms with van der Waals surface area (Å²) >= 11 is 0. The second-order valence-electron chi connectivity index (χ2n) is 11.6. The third-order valence-corrected chi connectivity index (χ3v) is 7.95. The van der Waals surface area contributed by atoms with Gasteiger partial charge in [0.1, 0.15) is 0 Å². The van der Waals surface area contributed by atoms with E-state index in [1.54, 1.807) is 6.20 Å². The second kappa shape index (κ2) is 19.9. The summed E-state index contributed by atoms with van der Waals surface area (Å²) in [7, 11) is 0. The van der Waals surface area contributed by atoms with Gasteiger partial charge in [0.05, 0.1) is 18.1 Å². The van der Waals surface area contributed by atoms with Crippen molar-refractivity contribution in [2.75, 3.05) is 0 Å². The summed E-state index contributed by atoms with van der Waals surface area (Å²) in [6.07, 6.45) is 25.5. The largest absolute Gasteiger partial charge is 0.419 e. The summed E-state index contributed by atoms with van der Waals surface area (Å²) in [4.78, 5) is 21.2. The molecule has 0 saturated carbocycles. The van der Waals surface area contributed by atoms with Crippen LogP contribution in [0.2, 0.25) is 0 Å². The topological polar surface area (TPSA) is 52.1 Å². The molecule has 0 atom stereocenters. The monoisotopic (exact) mass is 574 g/mol. The number of halogens is 1. The van der Waals surface area contributed by atoms with Crippen molar-refractivity contribution in [1.29, 1.82) is 0 Å². The quantitative estimate of drug-likeness (QED) is 0.0721. The molecule has 228 valence electrons. The van der Waals surface area contributed by atoms with Crippen molar-refractivity contribution in [3.63, 3.8) is 0 Å². The van der Waals surface area contributed by atoms with Gasteiger partial charge in [-0.25, -0.2) is 14.2 Å². The first kappa shape index (κ1) is 33.4. The number of benzene rings is 2. The second-order valence-corrected chi connectivity index (χ2v) is 11.6. The first-order valence-corrected chi connectivity index (χ1v) is 16.5. The molecule has 0 unspecified atom stereocenters. The van der Waals surface area contributed by atoms with Crippen LogP contribution < -0.4 is 4.74 Å². The van der Waals surface area contributed by atoms with Crippen molar-refractivity contribution in [3.05, 3.63) is 77.5 Å². The number of hydrogen-bond donors (Lipinski definition) is 0. The van der Waals surface area contributed by atoms with Gasteiger partial charge in [-0.05, 0) is 48.9 Å². The van der Waals surface area contributed by atoms with Crippen molar-refractivity contribution in [3.8, 4) is 17.0 Å². The summed E-state index contributed by atoms with van der Waals surface area (Å²) in [5.74, 6) is -1.34. The van der Waals surface area contributed by atoms with Crippen LogP contribution in [-0.4, -0.2) is 15.9 Å². The third kappa shape index (κ3) is 12.4. The van der Waals surface area contributed by atoms with E-state index in [0.717, 1.165) is 36.8 Å². The Morgan fingerprint density at radius 1 is 0.643 bits per heavy atom. The molecular formula is C37H51FN2O2. The zero-order valence-electron chi connectivity index (χ0n) is 26.0. The van der Waals surface area contributed by atoms with Gasteiger partial charge in [0.2, 0.25) is 0 Å². The Hall–Kier alpha value is -3.08. The van der Waals surface area contributed by atoms with Crippen LogP contribution >= 0.6 is 0 Å². The highest BCUT2D eigenvalue weighted by Gasteiger charge is 2.15. The zero-order chi connectivity index (χ0) is 29.8. The summed E-state index contributed by atoms with van der Waals surface area (Å²) in [6.45, 7) is 4.47. The predicted molar refractivity (Wildman–Crippen MR) is 171 cm³/mol. The van der Waals surface area contributed by atoms with E-state index in [1.165, 1.54) is 114 Å². The number of ether oxygens (including phenoxy) is 1. The van der Waals surface area contributed by atoms with E-state index >= 15 is 0 Å². The molecular weight excluding hydrogens is 523 g/mol. The number of carbonyl (C=O) groups is 1. The molecule has 0 aliphatic carbocycles. The number of rotatable bonds is 21. The van der Waals surface area contributed by atoms with Gasteiger partial charge in [0.15, 0.2) is 17.3 Å². The third-order valence-electron chi connectivity index (χ3n) is 7.95. The lowest BCUT2D eigenvalue weighted by Crippen LogP contribution is -2.12. The van der Waals surface area contributed by atoms with Crippen LogP contribution in [0.15, 0.2) is 54.9 Å². The van der Waals surface area contributed by atoms with Gasteiger partial charge >= 0.3 is 5.97 Å². The molecule has 0 aliphatic rings. The van der Waals surface area contributed by atoms with E-state index in [-0.39, 0.29) is 11.4 Å². The van der Waals surface area contributed by atoms with Gasteiger partial charge in [0.25, 0.3) is 0 Å². The standard InChI is InChI=1S/C37H51FN2O2/c1-3-5-7-9-11-12-13-14-16-17-19-30-21-24-32(25-22-30)34-28-40-35(29-39-34)37(41)42-36-26-23-31(27-33(36)38)20-18-15-10-8-6-4-2/h21-29H,3-20H2,1-2H3. The maximum atomic E-state index is 14.6. The van der Waals surface area contributed by atoms with Crippen LogP contribution in [-0.2, 0) is 12.8 Å². The summed E-state index contributed by atoms with van der Waals surface area (Å²) < 4.78 is 19.9. The van der Waals surface area contributed by atoms with E-state index in [0.29, 0.717) is 5.69 Å². The van der Waals surface area contributed by atoms with Gasteiger partial charge in [0, 0.05) is 5.56 Å². The minimum atomic E-state index is -0.719. The zero-order valence-corrected chi connectivity index (χ0v) is 26.0. The van der Waals surface area contributed by atoms with Crippen LogP contribution in [0.25, 0.3) is 11.3 Å². The summed E-state index contributed by atoms with van der Waals surface area (Å²) in [6, 6.07) is 13.2. The fraction of sp³-hybridized carbons (Fsp3) is 0.541. The van der Waals surface area contributed by atoms with Gasteiger partial charge < -0.3 is 4.74 Å². The van der Waals surface area contributed by atoms with Crippen LogP contribution in [0.4, 0.5) is 4.39 Å². The SMILES string of the molecule is CCCCCCCCCCCCc1ccc(-c2cnc(C(=O)Oc3ccc(CCCCCCCC)cc3F)cn2)cc1. The van der Waals surface area contributed by atoms with Gasteiger partial charge in [-0.15, -0.1) is 0 Å². The number of carbonyl (C=O) groups excluding carboxylic acids is 1. The average molecular weight is 575 g/mol. The van der Waals surface area contributed by atoms with E-state index in [9.17, 15) is 9.18 Å². The molecule has 0 radical (unpaired) electrons. The Balaban J connectivity index is 1.39. The smallest absolute Gasteiger partial charge is 0.364 e. The van der Waals surface area contributed by atoms with Gasteiger partial charge in [-0.2, -0.15) is 0 Å². The molecule has 4 nitrogen and oxygen atoms in total. The molecule has 0 fully saturated rings. The highest BCUT2D eigenvalue weighted by molar-refractivity contribution is 5.88. The van der Waals surface area contributed by atoms with Crippen molar-refractivity contribution >= 4 is 5.97 Å². The fourth-order valence-electron chi connectivity index (χ4n) is 5.29. The number of aromatic nitrogens is 2. The number of unbranched alkanes of at least 4 members (excludes halogenated alkanes) is 14. The minimum absolute atomic E-state index is 0.0480. The molecule has 1 aromatic heterocycles. The molecule has 0 spiro atoms. The molecule has 5 heteroatoms. The Bertz CT molecular complexity index is 1160. The lowest BCUT2D eigenvalue weighted by Gasteiger charge is -2.08. The summed E-state index contributed by atoms with van der Waals surface area (Å²) in [5.41, 5.74) is 3.92. The van der Waals surface area contributed by atoms with Crippen LogP contribution in [0.3, 0.4) is 0 Å².